The monoisotopic (exact) mass is 446 g/mol. The van der Waals surface area contributed by atoms with Crippen LogP contribution in [0.3, 0.4) is 0 Å². The third-order valence-electron chi connectivity index (χ3n) is 4.93. The molecule has 3 aromatic carbocycles. The predicted molar refractivity (Wildman–Crippen MR) is 131 cm³/mol. The van der Waals surface area contributed by atoms with Crippen LogP contribution >= 0.6 is 0 Å². The van der Waals surface area contributed by atoms with Gasteiger partial charge in [-0.25, -0.2) is 0 Å². The van der Waals surface area contributed by atoms with Gasteiger partial charge in [-0.05, 0) is 67.8 Å². The highest BCUT2D eigenvalue weighted by Crippen LogP contribution is 2.23. The van der Waals surface area contributed by atoms with Gasteiger partial charge >= 0.3 is 0 Å². The van der Waals surface area contributed by atoms with E-state index in [0.29, 0.717) is 47.4 Å². The molecule has 0 saturated heterocycles. The summed E-state index contributed by atoms with van der Waals surface area (Å²) in [5, 5.41) is 5.72. The van der Waals surface area contributed by atoms with Gasteiger partial charge in [0.25, 0.3) is 11.8 Å². The quantitative estimate of drug-likeness (QED) is 0.400. The van der Waals surface area contributed by atoms with Crippen LogP contribution in [0, 0.1) is 5.92 Å². The van der Waals surface area contributed by atoms with Crippen LogP contribution in [0.4, 0.5) is 11.4 Å². The molecule has 6 nitrogen and oxygen atoms in total. The second-order valence-electron chi connectivity index (χ2n) is 7.94. The summed E-state index contributed by atoms with van der Waals surface area (Å²) in [6.07, 6.45) is 0.893. The normalized spacial score (nSPS) is 10.5. The van der Waals surface area contributed by atoms with Gasteiger partial charge in [0.1, 0.15) is 11.5 Å². The maximum Gasteiger partial charge on any atom is 0.259 e. The molecule has 0 atom stereocenters. The molecule has 0 radical (unpaired) electrons. The number of carbonyl (C=O) groups excluding carboxylic acids is 2. The standard InChI is InChI=1S/C27H30N2O4/c1-4-32-21-15-13-20(14-16-21)28-26(30)22-9-5-7-11-24(22)29-27(31)23-10-6-8-12-25(23)33-18-17-19(2)3/h5-16,19H,4,17-18H2,1-3H3,(H,28,30)(H,29,31). The zero-order valence-corrected chi connectivity index (χ0v) is 19.3. The number of hydrogen-bond donors (Lipinski definition) is 2. The highest BCUT2D eigenvalue weighted by molar-refractivity contribution is 6.13. The van der Waals surface area contributed by atoms with E-state index < -0.39 is 0 Å². The Labute approximate surface area is 194 Å². The first-order valence-electron chi connectivity index (χ1n) is 11.1. The van der Waals surface area contributed by atoms with Crippen molar-refractivity contribution in [2.75, 3.05) is 23.8 Å². The molecule has 3 aromatic rings. The predicted octanol–water partition coefficient (Wildman–Crippen LogP) is 6.01. The first-order chi connectivity index (χ1) is 16.0. The highest BCUT2D eigenvalue weighted by atomic mass is 16.5. The lowest BCUT2D eigenvalue weighted by atomic mass is 10.1. The van der Waals surface area contributed by atoms with Crippen molar-refractivity contribution < 1.29 is 19.1 Å². The Morgan fingerprint density at radius 3 is 2.12 bits per heavy atom. The topological polar surface area (TPSA) is 76.7 Å². The molecular formula is C27H30N2O4. The number of hydrogen-bond acceptors (Lipinski definition) is 4. The Kier molecular flexibility index (Phi) is 8.47. The fraction of sp³-hybridized carbons (Fsp3) is 0.259. The Morgan fingerprint density at radius 1 is 0.788 bits per heavy atom. The zero-order chi connectivity index (χ0) is 23.6. The minimum Gasteiger partial charge on any atom is -0.494 e. The number of rotatable bonds is 10. The minimum absolute atomic E-state index is 0.323. The van der Waals surface area contributed by atoms with E-state index in [1.807, 2.05) is 13.0 Å². The van der Waals surface area contributed by atoms with Crippen LogP contribution in [-0.4, -0.2) is 25.0 Å². The van der Waals surface area contributed by atoms with Crippen molar-refractivity contribution in [2.24, 2.45) is 5.92 Å². The van der Waals surface area contributed by atoms with Crippen LogP contribution in [0.25, 0.3) is 0 Å². The molecule has 0 aromatic heterocycles. The van der Waals surface area contributed by atoms with Gasteiger partial charge in [-0.1, -0.05) is 38.1 Å². The number of ether oxygens (including phenoxy) is 2. The molecule has 3 rings (SSSR count). The van der Waals surface area contributed by atoms with Gasteiger partial charge in [-0.15, -0.1) is 0 Å². The lowest BCUT2D eigenvalue weighted by Gasteiger charge is -2.14. The first kappa shape index (κ1) is 23.9. The van der Waals surface area contributed by atoms with Crippen LogP contribution in [0.1, 0.15) is 47.9 Å². The lowest BCUT2D eigenvalue weighted by molar-refractivity contribution is 0.102. The second-order valence-corrected chi connectivity index (χ2v) is 7.94. The largest absolute Gasteiger partial charge is 0.494 e. The fourth-order valence-corrected chi connectivity index (χ4v) is 3.16. The van der Waals surface area contributed by atoms with Crippen molar-refractivity contribution in [3.05, 3.63) is 83.9 Å². The van der Waals surface area contributed by atoms with Crippen LogP contribution in [0.2, 0.25) is 0 Å². The summed E-state index contributed by atoms with van der Waals surface area (Å²) in [5.41, 5.74) is 1.83. The van der Waals surface area contributed by atoms with E-state index in [9.17, 15) is 9.59 Å². The maximum atomic E-state index is 13.0. The number of benzene rings is 3. The molecule has 0 bridgehead atoms. The average molecular weight is 447 g/mol. The van der Waals surface area contributed by atoms with E-state index in [2.05, 4.69) is 24.5 Å². The summed E-state index contributed by atoms with van der Waals surface area (Å²) >= 11 is 0. The molecule has 0 unspecified atom stereocenters. The lowest BCUT2D eigenvalue weighted by Crippen LogP contribution is -2.19. The Hall–Kier alpha value is -3.80. The summed E-state index contributed by atoms with van der Waals surface area (Å²) in [6, 6.07) is 21.1. The summed E-state index contributed by atoms with van der Waals surface area (Å²) in [7, 11) is 0. The van der Waals surface area contributed by atoms with Crippen molar-refractivity contribution in [3.63, 3.8) is 0 Å². The molecule has 172 valence electrons. The smallest absolute Gasteiger partial charge is 0.259 e. The van der Waals surface area contributed by atoms with Crippen LogP contribution in [0.5, 0.6) is 11.5 Å². The molecule has 0 saturated carbocycles. The highest BCUT2D eigenvalue weighted by Gasteiger charge is 2.17. The molecule has 6 heteroatoms. The molecule has 0 aliphatic carbocycles. The first-order valence-corrected chi connectivity index (χ1v) is 11.1. The molecule has 33 heavy (non-hydrogen) atoms. The number of amides is 2. The molecule has 0 spiro atoms. The molecule has 2 N–H and O–H groups in total. The molecule has 0 fully saturated rings. The number of nitrogens with one attached hydrogen (secondary N) is 2. The minimum atomic E-state index is -0.337. The van der Waals surface area contributed by atoms with Gasteiger partial charge in [0.05, 0.1) is 30.0 Å². The van der Waals surface area contributed by atoms with E-state index in [0.717, 1.165) is 12.2 Å². The molecular weight excluding hydrogens is 416 g/mol. The molecule has 0 aliphatic heterocycles. The van der Waals surface area contributed by atoms with Gasteiger partial charge in [0.15, 0.2) is 0 Å². The van der Waals surface area contributed by atoms with E-state index in [-0.39, 0.29) is 11.8 Å². The maximum absolute atomic E-state index is 13.0. The molecule has 0 heterocycles. The number of para-hydroxylation sites is 2. The van der Waals surface area contributed by atoms with Crippen LogP contribution in [-0.2, 0) is 0 Å². The summed E-state index contributed by atoms with van der Waals surface area (Å²) < 4.78 is 11.3. The van der Waals surface area contributed by atoms with E-state index in [1.54, 1.807) is 66.7 Å². The van der Waals surface area contributed by atoms with Crippen LogP contribution < -0.4 is 20.1 Å². The Bertz CT molecular complexity index is 1080. The fourth-order valence-electron chi connectivity index (χ4n) is 3.16. The van der Waals surface area contributed by atoms with Gasteiger partial charge in [0.2, 0.25) is 0 Å². The Morgan fingerprint density at radius 2 is 1.42 bits per heavy atom. The third kappa shape index (κ3) is 6.84. The molecule has 0 aliphatic rings. The second kappa shape index (κ2) is 11.7. The zero-order valence-electron chi connectivity index (χ0n) is 19.3. The van der Waals surface area contributed by atoms with Crippen LogP contribution in [0.15, 0.2) is 72.8 Å². The average Bonchev–Trinajstić information content (AvgIpc) is 2.81. The van der Waals surface area contributed by atoms with Crippen molar-refractivity contribution >= 4 is 23.2 Å². The van der Waals surface area contributed by atoms with E-state index in [4.69, 9.17) is 9.47 Å². The van der Waals surface area contributed by atoms with Crippen molar-refractivity contribution in [1.82, 2.24) is 0 Å². The molecule has 2 amide bonds. The van der Waals surface area contributed by atoms with Gasteiger partial charge < -0.3 is 20.1 Å². The van der Waals surface area contributed by atoms with Crippen molar-refractivity contribution in [3.8, 4) is 11.5 Å². The van der Waals surface area contributed by atoms with Crippen molar-refractivity contribution in [2.45, 2.75) is 27.2 Å². The van der Waals surface area contributed by atoms with Gasteiger partial charge in [-0.2, -0.15) is 0 Å². The van der Waals surface area contributed by atoms with E-state index >= 15 is 0 Å². The van der Waals surface area contributed by atoms with Gasteiger partial charge in [0, 0.05) is 5.69 Å². The SMILES string of the molecule is CCOc1ccc(NC(=O)c2ccccc2NC(=O)c2ccccc2OCCC(C)C)cc1. The van der Waals surface area contributed by atoms with E-state index in [1.165, 1.54) is 0 Å². The summed E-state index contributed by atoms with van der Waals surface area (Å²) in [6.45, 7) is 7.26. The Balaban J connectivity index is 1.73. The third-order valence-corrected chi connectivity index (χ3v) is 4.93. The van der Waals surface area contributed by atoms with Crippen molar-refractivity contribution in [1.29, 1.82) is 0 Å². The van der Waals surface area contributed by atoms with Gasteiger partial charge in [-0.3, -0.25) is 9.59 Å². The summed E-state index contributed by atoms with van der Waals surface area (Å²) in [5.74, 6) is 1.10. The number of anilines is 2. The number of carbonyl (C=O) groups is 2. The summed E-state index contributed by atoms with van der Waals surface area (Å²) in [4.78, 5) is 25.9.